The van der Waals surface area contributed by atoms with Gasteiger partial charge in [0.2, 0.25) is 0 Å². The topological polar surface area (TPSA) is 49.8 Å². The maximum absolute atomic E-state index is 12.8. The van der Waals surface area contributed by atoms with Crippen LogP contribution in [0.15, 0.2) is 60.7 Å². The highest BCUT2D eigenvalue weighted by Gasteiger charge is 2.31. The summed E-state index contributed by atoms with van der Waals surface area (Å²) in [5.74, 6) is 0.186. The molecule has 1 aliphatic rings. The van der Waals surface area contributed by atoms with Crippen molar-refractivity contribution in [3.63, 3.8) is 0 Å². The Hall–Kier alpha value is -2.17. The molecular formula is C21H25NO3. The van der Waals surface area contributed by atoms with Crippen molar-refractivity contribution in [2.75, 3.05) is 20.2 Å². The van der Waals surface area contributed by atoms with Gasteiger partial charge in [-0.15, -0.1) is 0 Å². The van der Waals surface area contributed by atoms with E-state index in [1.807, 2.05) is 65.6 Å². The van der Waals surface area contributed by atoms with E-state index < -0.39 is 12.2 Å². The molecule has 1 aliphatic heterocycles. The minimum atomic E-state index is -0.559. The highest BCUT2D eigenvalue weighted by molar-refractivity contribution is 5.82. The van der Waals surface area contributed by atoms with Gasteiger partial charge in [0.15, 0.2) is 6.10 Å². The highest BCUT2D eigenvalue weighted by atomic mass is 16.5. The fraction of sp³-hybridized carbons (Fsp3) is 0.381. The molecule has 2 atom stereocenters. The predicted octanol–water partition coefficient (Wildman–Crippen LogP) is 3.35. The summed E-state index contributed by atoms with van der Waals surface area (Å²) in [6, 6.07) is 19.3. The number of carbonyl (C=O) groups excluding carboxylic acids is 1. The monoisotopic (exact) mass is 339 g/mol. The number of rotatable bonds is 5. The van der Waals surface area contributed by atoms with Crippen LogP contribution in [0, 0.1) is 5.92 Å². The smallest absolute Gasteiger partial charge is 0.256 e. The van der Waals surface area contributed by atoms with Gasteiger partial charge in [0.05, 0.1) is 6.10 Å². The van der Waals surface area contributed by atoms with Crippen molar-refractivity contribution >= 4 is 5.91 Å². The molecule has 25 heavy (non-hydrogen) atoms. The second-order valence-corrected chi connectivity index (χ2v) is 6.54. The summed E-state index contributed by atoms with van der Waals surface area (Å²) in [4.78, 5) is 14.7. The van der Waals surface area contributed by atoms with Crippen molar-refractivity contribution in [2.24, 2.45) is 5.92 Å². The van der Waals surface area contributed by atoms with E-state index in [-0.39, 0.29) is 11.8 Å². The molecule has 0 saturated carbocycles. The van der Waals surface area contributed by atoms with Crippen LogP contribution in [0.4, 0.5) is 0 Å². The number of likely N-dealkylation sites (tertiary alicyclic amines) is 1. The zero-order valence-electron chi connectivity index (χ0n) is 14.5. The Kier molecular flexibility index (Phi) is 5.84. The van der Waals surface area contributed by atoms with Gasteiger partial charge in [-0.1, -0.05) is 60.7 Å². The largest absolute Gasteiger partial charge is 0.388 e. The Morgan fingerprint density at radius 3 is 2.04 bits per heavy atom. The third kappa shape index (κ3) is 4.09. The maximum atomic E-state index is 12.8. The summed E-state index contributed by atoms with van der Waals surface area (Å²) >= 11 is 0. The van der Waals surface area contributed by atoms with Gasteiger partial charge in [0, 0.05) is 20.2 Å². The first-order valence-electron chi connectivity index (χ1n) is 8.80. The molecule has 132 valence electrons. The first-order valence-corrected chi connectivity index (χ1v) is 8.80. The van der Waals surface area contributed by atoms with Crippen LogP contribution in [-0.2, 0) is 9.53 Å². The Bertz CT molecular complexity index is 666. The van der Waals surface area contributed by atoms with Gasteiger partial charge in [-0.25, -0.2) is 0 Å². The molecule has 0 bridgehead atoms. The Labute approximate surface area is 149 Å². The lowest BCUT2D eigenvalue weighted by atomic mass is 9.87. The van der Waals surface area contributed by atoms with Gasteiger partial charge in [-0.3, -0.25) is 4.79 Å². The van der Waals surface area contributed by atoms with Gasteiger partial charge in [0.1, 0.15) is 0 Å². The van der Waals surface area contributed by atoms with Crippen molar-refractivity contribution in [1.82, 2.24) is 4.90 Å². The molecular weight excluding hydrogens is 314 g/mol. The zero-order valence-corrected chi connectivity index (χ0v) is 14.5. The molecule has 1 unspecified atom stereocenters. The summed E-state index contributed by atoms with van der Waals surface area (Å²) < 4.78 is 5.45. The Morgan fingerprint density at radius 1 is 1.00 bits per heavy atom. The number of ether oxygens (including phenoxy) is 1. The molecule has 0 spiro atoms. The number of benzene rings is 2. The quantitative estimate of drug-likeness (QED) is 0.909. The average molecular weight is 339 g/mol. The van der Waals surface area contributed by atoms with Gasteiger partial charge >= 0.3 is 0 Å². The fourth-order valence-electron chi connectivity index (χ4n) is 3.53. The van der Waals surface area contributed by atoms with E-state index in [1.165, 1.54) is 0 Å². The molecule has 1 heterocycles. The molecule has 1 N–H and O–H groups in total. The predicted molar refractivity (Wildman–Crippen MR) is 96.9 cm³/mol. The minimum Gasteiger partial charge on any atom is -0.388 e. The molecule has 1 amide bonds. The van der Waals surface area contributed by atoms with E-state index >= 15 is 0 Å². The SMILES string of the molecule is CO[C@@H](C(=O)N1CCC(C(O)c2ccccc2)CC1)c1ccccc1. The number of hydrogen-bond acceptors (Lipinski definition) is 3. The zero-order chi connectivity index (χ0) is 17.6. The highest BCUT2D eigenvalue weighted by Crippen LogP contribution is 2.31. The molecule has 0 radical (unpaired) electrons. The normalized spacial score (nSPS) is 17.9. The van der Waals surface area contributed by atoms with Crippen LogP contribution in [0.3, 0.4) is 0 Å². The average Bonchev–Trinajstić information content (AvgIpc) is 2.69. The molecule has 1 fully saturated rings. The van der Waals surface area contributed by atoms with Crippen LogP contribution in [0.5, 0.6) is 0 Å². The van der Waals surface area contributed by atoms with Crippen LogP contribution in [-0.4, -0.2) is 36.1 Å². The molecule has 2 aromatic carbocycles. The number of hydrogen-bond donors (Lipinski definition) is 1. The fourth-order valence-corrected chi connectivity index (χ4v) is 3.53. The standard InChI is InChI=1S/C21H25NO3/c1-25-20(18-10-6-3-7-11-18)21(24)22-14-12-17(13-15-22)19(23)16-8-4-2-5-9-16/h2-11,17,19-20,23H,12-15H2,1H3/t19?,20-/m1/s1. The number of methoxy groups -OCH3 is 1. The lowest BCUT2D eigenvalue weighted by molar-refractivity contribution is -0.144. The van der Waals surface area contributed by atoms with E-state index in [1.54, 1.807) is 7.11 Å². The second-order valence-electron chi connectivity index (χ2n) is 6.54. The molecule has 0 aromatic heterocycles. The van der Waals surface area contributed by atoms with E-state index in [9.17, 15) is 9.90 Å². The van der Waals surface area contributed by atoms with Gasteiger partial charge < -0.3 is 14.7 Å². The molecule has 0 aliphatic carbocycles. The van der Waals surface area contributed by atoms with Gasteiger partial charge in [-0.05, 0) is 29.9 Å². The van der Waals surface area contributed by atoms with Crippen LogP contribution < -0.4 is 0 Å². The summed E-state index contributed by atoms with van der Waals surface area (Å²) in [5.41, 5.74) is 1.83. The number of aliphatic hydroxyl groups excluding tert-OH is 1. The van der Waals surface area contributed by atoms with Crippen molar-refractivity contribution < 1.29 is 14.6 Å². The molecule has 4 heteroatoms. The lowest BCUT2D eigenvalue weighted by Crippen LogP contribution is -2.42. The van der Waals surface area contributed by atoms with Crippen LogP contribution in [0.2, 0.25) is 0 Å². The van der Waals surface area contributed by atoms with E-state index in [4.69, 9.17) is 4.74 Å². The van der Waals surface area contributed by atoms with Crippen molar-refractivity contribution in [3.8, 4) is 0 Å². The minimum absolute atomic E-state index is 0.00125. The lowest BCUT2D eigenvalue weighted by Gasteiger charge is -2.36. The number of aliphatic hydroxyl groups is 1. The van der Waals surface area contributed by atoms with Crippen LogP contribution in [0.25, 0.3) is 0 Å². The van der Waals surface area contributed by atoms with Gasteiger partial charge in [0.25, 0.3) is 5.91 Å². The first kappa shape index (κ1) is 17.6. The number of piperidine rings is 1. The summed E-state index contributed by atoms with van der Waals surface area (Å²) in [6.07, 6.45) is 0.572. The summed E-state index contributed by atoms with van der Waals surface area (Å²) in [5, 5.41) is 10.6. The summed E-state index contributed by atoms with van der Waals surface area (Å²) in [7, 11) is 1.57. The Balaban J connectivity index is 1.61. The van der Waals surface area contributed by atoms with Crippen LogP contribution >= 0.6 is 0 Å². The van der Waals surface area contributed by atoms with E-state index in [2.05, 4.69) is 0 Å². The maximum Gasteiger partial charge on any atom is 0.256 e. The van der Waals surface area contributed by atoms with E-state index in [0.717, 1.165) is 24.0 Å². The van der Waals surface area contributed by atoms with Gasteiger partial charge in [-0.2, -0.15) is 0 Å². The van der Waals surface area contributed by atoms with Crippen molar-refractivity contribution in [3.05, 3.63) is 71.8 Å². The van der Waals surface area contributed by atoms with E-state index in [0.29, 0.717) is 13.1 Å². The molecule has 3 rings (SSSR count). The number of nitrogens with zero attached hydrogens (tertiary/aromatic N) is 1. The molecule has 4 nitrogen and oxygen atoms in total. The van der Waals surface area contributed by atoms with Crippen molar-refractivity contribution in [2.45, 2.75) is 25.0 Å². The van der Waals surface area contributed by atoms with Crippen LogP contribution in [0.1, 0.15) is 36.2 Å². The van der Waals surface area contributed by atoms with Crippen molar-refractivity contribution in [1.29, 1.82) is 0 Å². The number of amides is 1. The third-order valence-corrected chi connectivity index (χ3v) is 5.00. The molecule has 1 saturated heterocycles. The second kappa shape index (κ2) is 8.28. The number of carbonyl (C=O) groups is 1. The summed E-state index contributed by atoms with van der Waals surface area (Å²) in [6.45, 7) is 1.31. The first-order chi connectivity index (χ1) is 12.2. The molecule has 2 aromatic rings. The third-order valence-electron chi connectivity index (χ3n) is 5.00. The Morgan fingerprint density at radius 2 is 1.52 bits per heavy atom.